The summed E-state index contributed by atoms with van der Waals surface area (Å²) in [5.41, 5.74) is 0.628. The maximum Gasteiger partial charge on any atom is 0.321 e. The van der Waals surface area contributed by atoms with Gasteiger partial charge in [0, 0.05) is 18.5 Å². The number of nitrogens with zero attached hydrogens (tertiary/aromatic N) is 1. The molecule has 3 amide bonds. The van der Waals surface area contributed by atoms with Crippen molar-refractivity contribution < 1.29 is 23.9 Å². The minimum absolute atomic E-state index is 0.0852. The lowest BCUT2D eigenvalue weighted by atomic mass is 9.88. The van der Waals surface area contributed by atoms with Gasteiger partial charge in [-0.3, -0.25) is 19.8 Å². The summed E-state index contributed by atoms with van der Waals surface area (Å²) in [5.74, 6) is 0.950. The third kappa shape index (κ3) is 4.39. The fourth-order valence-corrected chi connectivity index (χ4v) is 3.43. The summed E-state index contributed by atoms with van der Waals surface area (Å²) in [7, 11) is 1.46. The van der Waals surface area contributed by atoms with Gasteiger partial charge >= 0.3 is 6.03 Å². The number of rotatable bonds is 4. The summed E-state index contributed by atoms with van der Waals surface area (Å²) in [6.45, 7) is 4.03. The highest BCUT2D eigenvalue weighted by molar-refractivity contribution is 5.99. The minimum Gasteiger partial charge on any atom is -0.486 e. The van der Waals surface area contributed by atoms with E-state index in [-0.39, 0.29) is 17.6 Å². The van der Waals surface area contributed by atoms with Crippen LogP contribution in [0.25, 0.3) is 0 Å². The van der Waals surface area contributed by atoms with E-state index >= 15 is 0 Å². The highest BCUT2D eigenvalue weighted by Gasteiger charge is 2.31. The number of likely N-dealkylation sites (tertiary alicyclic amines) is 1. The first-order valence-electron chi connectivity index (χ1n) is 9.20. The van der Waals surface area contributed by atoms with Crippen LogP contribution >= 0.6 is 0 Å². The number of ketones is 1. The highest BCUT2D eigenvalue weighted by Crippen LogP contribution is 2.32. The number of carbonyl (C=O) groups excluding carboxylic acids is 3. The summed E-state index contributed by atoms with van der Waals surface area (Å²) in [6.07, 6.45) is 1.34. The van der Waals surface area contributed by atoms with Gasteiger partial charge in [-0.25, -0.2) is 4.79 Å². The Hall–Kier alpha value is -2.61. The number of nitrogens with one attached hydrogen (secondary N) is 2. The molecule has 0 aliphatic carbocycles. The van der Waals surface area contributed by atoms with Crippen molar-refractivity contribution in [1.29, 1.82) is 0 Å². The van der Waals surface area contributed by atoms with Gasteiger partial charge in [0.05, 0.1) is 6.04 Å². The third-order valence-electron chi connectivity index (χ3n) is 5.12. The number of piperidine rings is 1. The van der Waals surface area contributed by atoms with Crippen molar-refractivity contribution in [2.75, 3.05) is 33.4 Å². The van der Waals surface area contributed by atoms with Crippen molar-refractivity contribution >= 4 is 17.7 Å². The fraction of sp³-hybridized carbons (Fsp3) is 0.526. The van der Waals surface area contributed by atoms with Crippen molar-refractivity contribution in [2.45, 2.75) is 25.8 Å². The smallest absolute Gasteiger partial charge is 0.321 e. The lowest BCUT2D eigenvalue weighted by molar-refractivity contribution is -0.125. The van der Waals surface area contributed by atoms with Gasteiger partial charge in [-0.2, -0.15) is 0 Å². The second-order valence-electron chi connectivity index (χ2n) is 6.78. The topological polar surface area (TPSA) is 97.0 Å². The summed E-state index contributed by atoms with van der Waals surface area (Å²) < 4.78 is 11.0. The first-order chi connectivity index (χ1) is 13.0. The normalized spacial score (nSPS) is 18.4. The molecule has 2 N–H and O–H groups in total. The molecule has 0 unspecified atom stereocenters. The predicted octanol–water partition coefficient (Wildman–Crippen LogP) is 1.20. The SMILES string of the molecule is CNC(=O)NC(=O)[C@H](C)N1CCC(C(=O)c2ccc3c(c2)OCCO3)CC1. The van der Waals surface area contributed by atoms with Gasteiger partial charge in [-0.05, 0) is 51.1 Å². The van der Waals surface area contributed by atoms with Gasteiger partial charge in [-0.1, -0.05) is 0 Å². The predicted molar refractivity (Wildman–Crippen MR) is 98.1 cm³/mol. The van der Waals surface area contributed by atoms with Crippen LogP contribution in [0.2, 0.25) is 0 Å². The largest absolute Gasteiger partial charge is 0.486 e. The van der Waals surface area contributed by atoms with Gasteiger partial charge in [0.1, 0.15) is 13.2 Å². The molecule has 8 heteroatoms. The second kappa shape index (κ2) is 8.39. The van der Waals surface area contributed by atoms with Crippen molar-refractivity contribution in [1.82, 2.24) is 15.5 Å². The summed E-state index contributed by atoms with van der Waals surface area (Å²) in [4.78, 5) is 38.2. The molecule has 27 heavy (non-hydrogen) atoms. The molecule has 146 valence electrons. The molecule has 3 rings (SSSR count). The zero-order valence-electron chi connectivity index (χ0n) is 15.6. The Kier molecular flexibility index (Phi) is 5.95. The van der Waals surface area contributed by atoms with E-state index in [2.05, 4.69) is 10.6 Å². The lowest BCUT2D eigenvalue weighted by Crippen LogP contribution is -2.51. The minimum atomic E-state index is -0.518. The van der Waals surface area contributed by atoms with E-state index in [0.29, 0.717) is 56.2 Å². The van der Waals surface area contributed by atoms with E-state index in [1.807, 2.05) is 4.90 Å². The average molecular weight is 375 g/mol. The number of carbonyl (C=O) groups is 3. The number of hydrogen-bond donors (Lipinski definition) is 2. The summed E-state index contributed by atoms with van der Waals surface area (Å²) in [6, 6.07) is 4.37. The Morgan fingerprint density at radius 2 is 1.78 bits per heavy atom. The molecule has 0 saturated carbocycles. The molecular formula is C19H25N3O5. The number of fused-ring (bicyclic) bond motifs is 1. The molecular weight excluding hydrogens is 350 g/mol. The van der Waals surface area contributed by atoms with Gasteiger partial charge in [-0.15, -0.1) is 0 Å². The van der Waals surface area contributed by atoms with Crippen LogP contribution in [0.1, 0.15) is 30.1 Å². The zero-order chi connectivity index (χ0) is 19.4. The molecule has 0 aromatic heterocycles. The van der Waals surface area contributed by atoms with Crippen LogP contribution in [-0.2, 0) is 4.79 Å². The van der Waals surface area contributed by atoms with Crippen molar-refractivity contribution in [3.05, 3.63) is 23.8 Å². The van der Waals surface area contributed by atoms with E-state index in [1.165, 1.54) is 7.05 Å². The standard InChI is InChI=1S/C19H25N3O5/c1-12(18(24)21-19(25)20-2)22-7-5-13(6-8-22)17(23)14-3-4-15-16(11-14)27-10-9-26-15/h3-4,11-13H,5-10H2,1-2H3,(H2,20,21,24,25)/t12-/m0/s1. The van der Waals surface area contributed by atoms with Gasteiger partial charge < -0.3 is 14.8 Å². The van der Waals surface area contributed by atoms with Crippen LogP contribution < -0.4 is 20.1 Å². The molecule has 1 saturated heterocycles. The first-order valence-corrected chi connectivity index (χ1v) is 9.20. The Balaban J connectivity index is 1.56. The molecule has 0 radical (unpaired) electrons. The van der Waals surface area contributed by atoms with Crippen LogP contribution in [0.3, 0.4) is 0 Å². The number of amides is 3. The third-order valence-corrected chi connectivity index (χ3v) is 5.12. The van der Waals surface area contributed by atoms with Crippen LogP contribution in [-0.4, -0.2) is 62.0 Å². The molecule has 1 aromatic carbocycles. The number of hydrogen-bond acceptors (Lipinski definition) is 6. The van der Waals surface area contributed by atoms with E-state index < -0.39 is 12.1 Å². The van der Waals surface area contributed by atoms with Crippen LogP contribution in [0, 0.1) is 5.92 Å². The summed E-state index contributed by atoms with van der Waals surface area (Å²) >= 11 is 0. The van der Waals surface area contributed by atoms with Gasteiger partial charge in [0.2, 0.25) is 5.91 Å². The molecule has 8 nitrogen and oxygen atoms in total. The molecule has 0 spiro atoms. The monoisotopic (exact) mass is 375 g/mol. The Morgan fingerprint density at radius 1 is 1.11 bits per heavy atom. The lowest BCUT2D eigenvalue weighted by Gasteiger charge is -2.34. The molecule has 1 fully saturated rings. The van der Waals surface area contributed by atoms with Crippen molar-refractivity contribution in [2.24, 2.45) is 5.92 Å². The maximum absolute atomic E-state index is 12.8. The molecule has 0 bridgehead atoms. The van der Waals surface area contributed by atoms with Gasteiger partial charge in [0.25, 0.3) is 0 Å². The zero-order valence-corrected chi connectivity index (χ0v) is 15.6. The Morgan fingerprint density at radius 3 is 2.44 bits per heavy atom. The Bertz CT molecular complexity index is 728. The maximum atomic E-state index is 12.8. The van der Waals surface area contributed by atoms with Crippen LogP contribution in [0.4, 0.5) is 4.79 Å². The quantitative estimate of drug-likeness (QED) is 0.768. The molecule has 2 heterocycles. The number of Topliss-reactive ketones (excluding diaryl/α,β-unsaturated/α-hetero) is 1. The van der Waals surface area contributed by atoms with E-state index in [9.17, 15) is 14.4 Å². The molecule has 1 aromatic rings. The number of imide groups is 1. The second-order valence-corrected chi connectivity index (χ2v) is 6.78. The van der Waals surface area contributed by atoms with E-state index in [1.54, 1.807) is 25.1 Å². The van der Waals surface area contributed by atoms with Gasteiger partial charge in [0.15, 0.2) is 17.3 Å². The summed E-state index contributed by atoms with van der Waals surface area (Å²) in [5, 5.41) is 4.65. The highest BCUT2D eigenvalue weighted by atomic mass is 16.6. The Labute approximate surface area is 158 Å². The number of urea groups is 1. The van der Waals surface area contributed by atoms with Crippen LogP contribution in [0.15, 0.2) is 18.2 Å². The molecule has 2 aliphatic rings. The van der Waals surface area contributed by atoms with E-state index in [0.717, 1.165) is 0 Å². The van der Waals surface area contributed by atoms with E-state index in [4.69, 9.17) is 9.47 Å². The number of benzene rings is 1. The van der Waals surface area contributed by atoms with Crippen molar-refractivity contribution in [3.63, 3.8) is 0 Å². The number of ether oxygens (including phenoxy) is 2. The fourth-order valence-electron chi connectivity index (χ4n) is 3.43. The van der Waals surface area contributed by atoms with Crippen molar-refractivity contribution in [3.8, 4) is 11.5 Å². The average Bonchev–Trinajstić information content (AvgIpc) is 2.72. The molecule has 2 aliphatic heterocycles. The van der Waals surface area contributed by atoms with Crippen LogP contribution in [0.5, 0.6) is 11.5 Å². The molecule has 1 atom stereocenters. The first kappa shape index (κ1) is 19.2.